The normalized spacial score (nSPS) is 14.9. The molecule has 0 bridgehead atoms. The zero-order valence-corrected chi connectivity index (χ0v) is 9.92. The first kappa shape index (κ1) is 10.3. The highest BCUT2D eigenvalue weighted by atomic mass is 16.5. The van der Waals surface area contributed by atoms with Crippen molar-refractivity contribution in [3.05, 3.63) is 24.2 Å². The highest BCUT2D eigenvalue weighted by Gasteiger charge is 2.29. The minimum Gasteiger partial charge on any atom is -0.480 e. The molecule has 1 saturated carbocycles. The van der Waals surface area contributed by atoms with Gasteiger partial charge in [0, 0.05) is 19.2 Å². The molecule has 0 amide bonds. The molecule has 2 heterocycles. The van der Waals surface area contributed by atoms with Crippen LogP contribution in [-0.2, 0) is 7.05 Å². The predicted molar refractivity (Wildman–Crippen MR) is 62.8 cm³/mol. The molecule has 0 N–H and O–H groups in total. The summed E-state index contributed by atoms with van der Waals surface area (Å²) < 4.78 is 7.09. The van der Waals surface area contributed by atoms with Crippen LogP contribution in [0.2, 0.25) is 0 Å². The fraction of sp³-hybridized carbons (Fsp3) is 0.417. The van der Waals surface area contributed by atoms with E-state index in [9.17, 15) is 0 Å². The summed E-state index contributed by atoms with van der Waals surface area (Å²) in [4.78, 5) is 8.74. The van der Waals surface area contributed by atoms with Crippen LogP contribution in [0.5, 0.6) is 5.88 Å². The Kier molecular flexibility index (Phi) is 2.31. The summed E-state index contributed by atoms with van der Waals surface area (Å²) in [6.45, 7) is 0. The Morgan fingerprint density at radius 3 is 2.94 bits per heavy atom. The van der Waals surface area contributed by atoms with Crippen LogP contribution in [0, 0.1) is 0 Å². The van der Waals surface area contributed by atoms with Gasteiger partial charge in [-0.05, 0) is 25.0 Å². The third-order valence-corrected chi connectivity index (χ3v) is 2.94. The van der Waals surface area contributed by atoms with E-state index in [1.165, 1.54) is 12.8 Å². The summed E-state index contributed by atoms with van der Waals surface area (Å²) in [6, 6.07) is 3.79. The van der Waals surface area contributed by atoms with Gasteiger partial charge in [0.05, 0.1) is 12.7 Å². The molecule has 1 aliphatic rings. The minimum absolute atomic E-state index is 0.570. The van der Waals surface area contributed by atoms with Gasteiger partial charge in [0.2, 0.25) is 5.88 Å². The Bertz CT molecular complexity index is 545. The molecular formula is C12H14N4O. The van der Waals surface area contributed by atoms with Crippen molar-refractivity contribution < 1.29 is 4.74 Å². The molecule has 2 aromatic heterocycles. The van der Waals surface area contributed by atoms with Crippen molar-refractivity contribution in [1.29, 1.82) is 0 Å². The highest BCUT2D eigenvalue weighted by Crippen LogP contribution is 2.39. The van der Waals surface area contributed by atoms with Crippen molar-refractivity contribution in [3.63, 3.8) is 0 Å². The molecule has 0 saturated heterocycles. The average Bonchev–Trinajstić information content (AvgIpc) is 3.13. The van der Waals surface area contributed by atoms with Crippen molar-refractivity contribution in [2.45, 2.75) is 18.8 Å². The van der Waals surface area contributed by atoms with Gasteiger partial charge in [-0.1, -0.05) is 0 Å². The molecule has 2 aromatic rings. The highest BCUT2D eigenvalue weighted by molar-refractivity contribution is 5.61. The van der Waals surface area contributed by atoms with Crippen LogP contribution >= 0.6 is 0 Å². The lowest BCUT2D eigenvalue weighted by Crippen LogP contribution is -1.96. The molecule has 0 atom stereocenters. The summed E-state index contributed by atoms with van der Waals surface area (Å²) in [5.74, 6) is 2.91. The molecule has 5 nitrogen and oxygen atoms in total. The van der Waals surface area contributed by atoms with Crippen molar-refractivity contribution in [2.24, 2.45) is 7.05 Å². The molecule has 0 unspecified atom stereocenters. The van der Waals surface area contributed by atoms with E-state index in [4.69, 9.17) is 4.74 Å². The fourth-order valence-electron chi connectivity index (χ4n) is 1.93. The van der Waals surface area contributed by atoms with Crippen LogP contribution in [0.1, 0.15) is 24.6 Å². The Labute approximate surface area is 99.5 Å². The number of rotatable bonds is 3. The molecule has 0 aliphatic heterocycles. The number of hydrogen-bond donors (Lipinski definition) is 0. The number of nitrogens with zero attached hydrogens (tertiary/aromatic N) is 4. The number of ether oxygens (including phenoxy) is 1. The molecule has 0 spiro atoms. The van der Waals surface area contributed by atoms with Gasteiger partial charge in [-0.2, -0.15) is 5.10 Å². The van der Waals surface area contributed by atoms with Gasteiger partial charge in [-0.25, -0.2) is 9.97 Å². The van der Waals surface area contributed by atoms with E-state index >= 15 is 0 Å². The van der Waals surface area contributed by atoms with E-state index in [1.54, 1.807) is 13.3 Å². The molecule has 0 aromatic carbocycles. The number of aryl methyl sites for hydroxylation is 1. The second kappa shape index (κ2) is 3.84. The van der Waals surface area contributed by atoms with E-state index < -0.39 is 0 Å². The van der Waals surface area contributed by atoms with Gasteiger partial charge in [0.25, 0.3) is 0 Å². The minimum atomic E-state index is 0.570. The summed E-state index contributed by atoms with van der Waals surface area (Å²) in [6.07, 6.45) is 4.14. The maximum atomic E-state index is 5.22. The first-order chi connectivity index (χ1) is 8.29. The molecule has 17 heavy (non-hydrogen) atoms. The quantitative estimate of drug-likeness (QED) is 0.806. The number of aromatic nitrogens is 4. The topological polar surface area (TPSA) is 52.8 Å². The molecule has 5 heteroatoms. The first-order valence-corrected chi connectivity index (χ1v) is 5.70. The van der Waals surface area contributed by atoms with Crippen LogP contribution in [0.25, 0.3) is 11.4 Å². The van der Waals surface area contributed by atoms with Crippen molar-refractivity contribution in [3.8, 4) is 17.3 Å². The second-order valence-electron chi connectivity index (χ2n) is 4.25. The molecule has 1 fully saturated rings. The fourth-order valence-corrected chi connectivity index (χ4v) is 1.93. The maximum Gasteiger partial charge on any atom is 0.224 e. The van der Waals surface area contributed by atoms with Crippen LogP contribution < -0.4 is 4.74 Å². The van der Waals surface area contributed by atoms with Crippen molar-refractivity contribution in [1.82, 2.24) is 19.7 Å². The maximum absolute atomic E-state index is 5.22. The Balaban J connectivity index is 2.05. The van der Waals surface area contributed by atoms with Crippen LogP contribution in [0.4, 0.5) is 0 Å². The van der Waals surface area contributed by atoms with Gasteiger partial charge >= 0.3 is 0 Å². The second-order valence-corrected chi connectivity index (χ2v) is 4.25. The Morgan fingerprint density at radius 2 is 2.24 bits per heavy atom. The van der Waals surface area contributed by atoms with Crippen LogP contribution in [0.15, 0.2) is 18.3 Å². The summed E-state index contributed by atoms with van der Waals surface area (Å²) in [5, 5.41) is 4.44. The zero-order valence-electron chi connectivity index (χ0n) is 9.92. The van der Waals surface area contributed by atoms with E-state index in [0.717, 1.165) is 11.4 Å². The van der Waals surface area contributed by atoms with E-state index in [-0.39, 0.29) is 0 Å². The Hall–Kier alpha value is -1.91. The number of hydrogen-bond acceptors (Lipinski definition) is 4. The molecular weight excluding hydrogens is 216 g/mol. The van der Waals surface area contributed by atoms with Crippen LogP contribution in [0.3, 0.4) is 0 Å². The monoisotopic (exact) mass is 230 g/mol. The summed E-state index contributed by atoms with van der Waals surface area (Å²) in [5.41, 5.74) is 0.845. The van der Waals surface area contributed by atoms with Gasteiger partial charge < -0.3 is 4.74 Å². The third kappa shape index (κ3) is 1.77. The lowest BCUT2D eigenvalue weighted by atomic mass is 10.2. The molecule has 0 radical (unpaired) electrons. The molecule has 1 aliphatic carbocycles. The number of methoxy groups -OCH3 is 1. The van der Waals surface area contributed by atoms with E-state index in [0.29, 0.717) is 17.6 Å². The third-order valence-electron chi connectivity index (χ3n) is 2.94. The van der Waals surface area contributed by atoms with Crippen LogP contribution in [-0.4, -0.2) is 26.9 Å². The smallest absolute Gasteiger partial charge is 0.224 e. The lowest BCUT2D eigenvalue weighted by Gasteiger charge is -2.02. The summed E-state index contributed by atoms with van der Waals surface area (Å²) >= 11 is 0. The van der Waals surface area contributed by atoms with Gasteiger partial charge in [-0.3, -0.25) is 4.68 Å². The summed E-state index contributed by atoms with van der Waals surface area (Å²) in [7, 11) is 3.55. The zero-order chi connectivity index (χ0) is 11.8. The molecule has 3 rings (SSSR count). The van der Waals surface area contributed by atoms with Gasteiger partial charge in [-0.15, -0.1) is 0 Å². The first-order valence-electron chi connectivity index (χ1n) is 5.70. The lowest BCUT2D eigenvalue weighted by molar-refractivity contribution is 0.399. The van der Waals surface area contributed by atoms with Crippen molar-refractivity contribution >= 4 is 0 Å². The van der Waals surface area contributed by atoms with Crippen molar-refractivity contribution in [2.75, 3.05) is 7.11 Å². The predicted octanol–water partition coefficient (Wildman–Crippen LogP) is 1.76. The van der Waals surface area contributed by atoms with E-state index in [1.807, 2.05) is 23.9 Å². The molecule has 88 valence electrons. The Morgan fingerprint density at radius 1 is 1.41 bits per heavy atom. The average molecular weight is 230 g/mol. The van der Waals surface area contributed by atoms with Gasteiger partial charge in [0.1, 0.15) is 5.82 Å². The number of pyridine rings is 1. The standard InChI is InChI=1S/C12H14N4O/c1-16-11(8-5-6-8)14-10(15-16)9-4-3-7-13-12(9)17-2/h3-4,7-8H,5-6H2,1-2H3. The SMILES string of the molecule is COc1ncccc1-c1nc(C2CC2)n(C)n1. The largest absolute Gasteiger partial charge is 0.480 e. The van der Waals surface area contributed by atoms with Gasteiger partial charge in [0.15, 0.2) is 5.82 Å². The van der Waals surface area contributed by atoms with E-state index in [2.05, 4.69) is 15.1 Å².